The Bertz CT molecular complexity index is 187. The highest BCUT2D eigenvalue weighted by atomic mass is 16.4. The van der Waals surface area contributed by atoms with E-state index in [1.807, 2.05) is 4.90 Å². The van der Waals surface area contributed by atoms with E-state index < -0.39 is 5.97 Å². The smallest absolute Gasteiger partial charge is 0.317 e. The largest absolute Gasteiger partial charge is 0.480 e. The quantitative estimate of drug-likeness (QED) is 0.540. The summed E-state index contributed by atoms with van der Waals surface area (Å²) in [6.45, 7) is 2.48. The van der Waals surface area contributed by atoms with Gasteiger partial charge in [0.05, 0.1) is 13.2 Å². The predicted molar refractivity (Wildman–Crippen MR) is 52.2 cm³/mol. The molecule has 1 heterocycles. The monoisotopic (exact) mass is 202 g/mol. The van der Waals surface area contributed by atoms with Crippen LogP contribution in [0.1, 0.15) is 12.8 Å². The fourth-order valence-electron chi connectivity index (χ4n) is 1.83. The van der Waals surface area contributed by atoms with Gasteiger partial charge in [0.1, 0.15) is 0 Å². The summed E-state index contributed by atoms with van der Waals surface area (Å²) in [4.78, 5) is 12.4. The lowest BCUT2D eigenvalue weighted by atomic mass is 10.1. The van der Waals surface area contributed by atoms with Crippen LogP contribution >= 0.6 is 0 Å². The first-order chi connectivity index (χ1) is 6.72. The van der Waals surface area contributed by atoms with Gasteiger partial charge in [0.15, 0.2) is 0 Å². The van der Waals surface area contributed by atoms with E-state index in [1.165, 1.54) is 0 Å². The van der Waals surface area contributed by atoms with Gasteiger partial charge in [0, 0.05) is 19.1 Å². The average Bonchev–Trinajstić information content (AvgIpc) is 2.14. The summed E-state index contributed by atoms with van der Waals surface area (Å²) >= 11 is 0. The molecular weight excluding hydrogens is 184 g/mol. The Hall–Kier alpha value is -0.650. The Morgan fingerprint density at radius 2 is 2.36 bits per heavy atom. The summed E-state index contributed by atoms with van der Waals surface area (Å²) in [5.74, 6) is -0.771. The Morgan fingerprint density at radius 3 is 3.00 bits per heavy atom. The molecule has 1 atom stereocenters. The second-order valence-corrected chi connectivity index (χ2v) is 3.65. The van der Waals surface area contributed by atoms with Crippen LogP contribution in [0.25, 0.3) is 0 Å². The number of aliphatic hydroxyl groups is 1. The summed E-state index contributed by atoms with van der Waals surface area (Å²) in [6.07, 6.45) is 2.09. The maximum atomic E-state index is 10.5. The van der Waals surface area contributed by atoms with Gasteiger partial charge < -0.3 is 15.5 Å². The summed E-state index contributed by atoms with van der Waals surface area (Å²) in [5, 5.41) is 20.5. The summed E-state index contributed by atoms with van der Waals surface area (Å²) in [6, 6.07) is 0.329. The van der Waals surface area contributed by atoms with Crippen LogP contribution < -0.4 is 5.32 Å². The number of carbonyl (C=O) groups is 1. The fourth-order valence-corrected chi connectivity index (χ4v) is 1.83. The third-order valence-electron chi connectivity index (χ3n) is 2.41. The molecule has 5 nitrogen and oxygen atoms in total. The van der Waals surface area contributed by atoms with Gasteiger partial charge in [-0.2, -0.15) is 0 Å². The SMILES string of the molecule is O=C(O)CN1CCCC(NCCO)C1. The summed E-state index contributed by atoms with van der Waals surface area (Å²) in [7, 11) is 0. The van der Waals surface area contributed by atoms with Crippen molar-refractivity contribution in [2.75, 3.05) is 32.8 Å². The Labute approximate surface area is 83.7 Å². The number of rotatable bonds is 5. The number of carboxylic acids is 1. The first-order valence-corrected chi connectivity index (χ1v) is 5.00. The number of piperidine rings is 1. The molecule has 1 fully saturated rings. The Balaban J connectivity index is 2.24. The van der Waals surface area contributed by atoms with Gasteiger partial charge in [-0.3, -0.25) is 9.69 Å². The molecule has 0 spiro atoms. The van der Waals surface area contributed by atoms with Crippen LogP contribution in [0.2, 0.25) is 0 Å². The maximum absolute atomic E-state index is 10.5. The van der Waals surface area contributed by atoms with Crippen molar-refractivity contribution in [3.63, 3.8) is 0 Å². The average molecular weight is 202 g/mol. The van der Waals surface area contributed by atoms with Crippen LogP contribution in [-0.4, -0.2) is 59.9 Å². The lowest BCUT2D eigenvalue weighted by Gasteiger charge is -2.31. The number of hydrogen-bond acceptors (Lipinski definition) is 4. The number of nitrogens with one attached hydrogen (secondary N) is 1. The lowest BCUT2D eigenvalue weighted by molar-refractivity contribution is -0.138. The molecule has 1 unspecified atom stereocenters. The zero-order valence-electron chi connectivity index (χ0n) is 8.28. The number of aliphatic hydroxyl groups excluding tert-OH is 1. The number of hydrogen-bond donors (Lipinski definition) is 3. The summed E-state index contributed by atoms with van der Waals surface area (Å²) < 4.78 is 0. The van der Waals surface area contributed by atoms with Crippen LogP contribution in [0, 0.1) is 0 Å². The molecule has 1 aliphatic heterocycles. The molecule has 82 valence electrons. The zero-order valence-corrected chi connectivity index (χ0v) is 8.28. The molecule has 0 aliphatic carbocycles. The number of aliphatic carboxylic acids is 1. The van der Waals surface area contributed by atoms with Gasteiger partial charge in [-0.25, -0.2) is 0 Å². The molecule has 0 aromatic rings. The van der Waals surface area contributed by atoms with Gasteiger partial charge in [-0.1, -0.05) is 0 Å². The highest BCUT2D eigenvalue weighted by molar-refractivity contribution is 5.69. The van der Waals surface area contributed by atoms with E-state index in [4.69, 9.17) is 10.2 Å². The van der Waals surface area contributed by atoms with Crippen molar-refractivity contribution in [2.24, 2.45) is 0 Å². The van der Waals surface area contributed by atoms with E-state index in [2.05, 4.69) is 5.32 Å². The summed E-state index contributed by atoms with van der Waals surface area (Å²) in [5.41, 5.74) is 0. The molecule has 1 aliphatic rings. The molecule has 14 heavy (non-hydrogen) atoms. The minimum absolute atomic E-state index is 0.122. The van der Waals surface area contributed by atoms with Gasteiger partial charge in [-0.05, 0) is 19.4 Å². The second-order valence-electron chi connectivity index (χ2n) is 3.65. The molecule has 1 saturated heterocycles. The van der Waals surface area contributed by atoms with Crippen molar-refractivity contribution in [1.82, 2.24) is 10.2 Å². The van der Waals surface area contributed by atoms with Crippen molar-refractivity contribution in [1.29, 1.82) is 0 Å². The van der Waals surface area contributed by atoms with Crippen molar-refractivity contribution >= 4 is 5.97 Å². The highest BCUT2D eigenvalue weighted by Gasteiger charge is 2.20. The van der Waals surface area contributed by atoms with E-state index >= 15 is 0 Å². The second kappa shape index (κ2) is 5.95. The van der Waals surface area contributed by atoms with E-state index in [9.17, 15) is 4.79 Å². The minimum atomic E-state index is -0.771. The molecule has 0 saturated carbocycles. The van der Waals surface area contributed by atoms with Gasteiger partial charge in [0.25, 0.3) is 0 Å². The molecule has 3 N–H and O–H groups in total. The van der Waals surface area contributed by atoms with Crippen molar-refractivity contribution < 1.29 is 15.0 Å². The fraction of sp³-hybridized carbons (Fsp3) is 0.889. The molecule has 0 amide bonds. The van der Waals surface area contributed by atoms with Crippen molar-refractivity contribution in [3.05, 3.63) is 0 Å². The van der Waals surface area contributed by atoms with Crippen LogP contribution in [-0.2, 0) is 4.79 Å². The number of likely N-dealkylation sites (tertiary alicyclic amines) is 1. The van der Waals surface area contributed by atoms with Crippen LogP contribution in [0.4, 0.5) is 0 Å². The van der Waals surface area contributed by atoms with Gasteiger partial charge in [0.2, 0.25) is 0 Å². The molecule has 0 bridgehead atoms. The number of carboxylic acid groups (broad SMARTS) is 1. The minimum Gasteiger partial charge on any atom is -0.480 e. The van der Waals surface area contributed by atoms with Crippen LogP contribution in [0.15, 0.2) is 0 Å². The topological polar surface area (TPSA) is 72.8 Å². The van der Waals surface area contributed by atoms with E-state index in [0.717, 1.165) is 25.9 Å². The first kappa shape index (κ1) is 11.4. The highest BCUT2D eigenvalue weighted by Crippen LogP contribution is 2.09. The molecular formula is C9H18N2O3. The van der Waals surface area contributed by atoms with Crippen molar-refractivity contribution in [3.8, 4) is 0 Å². The molecule has 0 aromatic heterocycles. The Morgan fingerprint density at radius 1 is 1.57 bits per heavy atom. The van der Waals surface area contributed by atoms with E-state index in [1.54, 1.807) is 0 Å². The molecule has 0 aromatic carbocycles. The predicted octanol–water partition coefficient (Wildman–Crippen LogP) is -0.883. The van der Waals surface area contributed by atoms with E-state index in [0.29, 0.717) is 12.6 Å². The van der Waals surface area contributed by atoms with Crippen LogP contribution in [0.5, 0.6) is 0 Å². The molecule has 5 heteroatoms. The number of nitrogens with zero attached hydrogens (tertiary/aromatic N) is 1. The molecule has 0 radical (unpaired) electrons. The lowest BCUT2D eigenvalue weighted by Crippen LogP contribution is -2.47. The standard InChI is InChI=1S/C9H18N2O3/c12-5-3-10-8-2-1-4-11(6-8)7-9(13)14/h8,10,12H,1-7H2,(H,13,14). The van der Waals surface area contributed by atoms with Crippen LogP contribution in [0.3, 0.4) is 0 Å². The van der Waals surface area contributed by atoms with Gasteiger partial charge in [-0.15, -0.1) is 0 Å². The first-order valence-electron chi connectivity index (χ1n) is 5.00. The Kier molecular flexibility index (Phi) is 4.86. The maximum Gasteiger partial charge on any atom is 0.317 e. The van der Waals surface area contributed by atoms with Gasteiger partial charge >= 0.3 is 5.97 Å². The van der Waals surface area contributed by atoms with Crippen molar-refractivity contribution in [2.45, 2.75) is 18.9 Å². The third kappa shape index (κ3) is 4.04. The van der Waals surface area contributed by atoms with E-state index in [-0.39, 0.29) is 13.2 Å². The third-order valence-corrected chi connectivity index (χ3v) is 2.41. The molecule has 1 rings (SSSR count). The normalized spacial score (nSPS) is 23.6. The zero-order chi connectivity index (χ0) is 10.4.